The van der Waals surface area contributed by atoms with Crippen molar-refractivity contribution in [1.29, 1.82) is 0 Å². The van der Waals surface area contributed by atoms with Gasteiger partial charge in [0.05, 0.1) is 24.3 Å². The molecule has 4 aromatic rings. The number of imidazole rings is 1. The molecule has 2 aromatic carbocycles. The predicted molar refractivity (Wildman–Crippen MR) is 95.1 cm³/mol. The summed E-state index contributed by atoms with van der Waals surface area (Å²) in [6.07, 6.45) is 3.65. The minimum absolute atomic E-state index is 0.754. The van der Waals surface area contributed by atoms with Crippen molar-refractivity contribution in [3.8, 4) is 17.1 Å². The number of hydrogen-bond donors (Lipinski definition) is 0. The van der Waals surface area contributed by atoms with Crippen molar-refractivity contribution in [2.24, 2.45) is 0 Å². The third-order valence-corrected chi connectivity index (χ3v) is 4.08. The number of aromatic nitrogens is 3. The van der Waals surface area contributed by atoms with Gasteiger partial charge in [-0.3, -0.25) is 4.98 Å². The first-order valence-corrected chi connectivity index (χ1v) is 7.84. The monoisotopic (exact) mass is 315 g/mol. The Morgan fingerprint density at radius 2 is 1.75 bits per heavy atom. The Bertz CT molecular complexity index is 959. The van der Waals surface area contributed by atoms with Gasteiger partial charge < -0.3 is 9.30 Å². The second kappa shape index (κ2) is 6.16. The molecule has 0 aliphatic carbocycles. The van der Waals surface area contributed by atoms with E-state index in [1.165, 1.54) is 5.56 Å². The van der Waals surface area contributed by atoms with E-state index in [4.69, 9.17) is 9.72 Å². The molecule has 0 radical (unpaired) electrons. The molecule has 0 saturated carbocycles. The van der Waals surface area contributed by atoms with Crippen LogP contribution in [0.15, 0.2) is 73.1 Å². The molecular weight excluding hydrogens is 298 g/mol. The molecule has 4 nitrogen and oxygen atoms in total. The average Bonchev–Trinajstić information content (AvgIpc) is 3.01. The van der Waals surface area contributed by atoms with Crippen molar-refractivity contribution < 1.29 is 4.74 Å². The van der Waals surface area contributed by atoms with E-state index in [0.29, 0.717) is 0 Å². The number of benzene rings is 2. The molecule has 4 rings (SSSR count). The molecule has 0 bridgehead atoms. The van der Waals surface area contributed by atoms with Gasteiger partial charge in [-0.05, 0) is 35.9 Å². The fourth-order valence-electron chi connectivity index (χ4n) is 2.86. The zero-order valence-corrected chi connectivity index (χ0v) is 13.4. The zero-order valence-electron chi connectivity index (χ0n) is 13.4. The van der Waals surface area contributed by atoms with E-state index in [9.17, 15) is 0 Å². The summed E-state index contributed by atoms with van der Waals surface area (Å²) in [7, 11) is 1.67. The van der Waals surface area contributed by atoms with Crippen LogP contribution < -0.4 is 4.74 Å². The minimum Gasteiger partial charge on any atom is -0.497 e. The summed E-state index contributed by atoms with van der Waals surface area (Å²) in [4.78, 5) is 9.09. The van der Waals surface area contributed by atoms with Crippen LogP contribution >= 0.6 is 0 Å². The van der Waals surface area contributed by atoms with Crippen molar-refractivity contribution in [3.05, 3.63) is 78.6 Å². The largest absolute Gasteiger partial charge is 0.497 e. The lowest BCUT2D eigenvalue weighted by atomic mass is 10.2. The van der Waals surface area contributed by atoms with Gasteiger partial charge in [0.2, 0.25) is 0 Å². The molecule has 24 heavy (non-hydrogen) atoms. The third kappa shape index (κ3) is 2.63. The fourth-order valence-corrected chi connectivity index (χ4v) is 2.86. The molecule has 0 N–H and O–H groups in total. The molecule has 4 heteroatoms. The topological polar surface area (TPSA) is 39.9 Å². The molecule has 0 unspecified atom stereocenters. The lowest BCUT2D eigenvalue weighted by Gasteiger charge is -2.10. The normalized spacial score (nSPS) is 10.9. The molecule has 2 heterocycles. The smallest absolute Gasteiger partial charge is 0.141 e. The van der Waals surface area contributed by atoms with Crippen LogP contribution in [0.3, 0.4) is 0 Å². The van der Waals surface area contributed by atoms with E-state index >= 15 is 0 Å². The van der Waals surface area contributed by atoms with Crippen molar-refractivity contribution in [2.75, 3.05) is 7.11 Å². The lowest BCUT2D eigenvalue weighted by Crippen LogP contribution is -2.02. The van der Waals surface area contributed by atoms with Crippen LogP contribution in [-0.4, -0.2) is 21.6 Å². The van der Waals surface area contributed by atoms with Gasteiger partial charge in [0.1, 0.15) is 11.6 Å². The first-order chi connectivity index (χ1) is 11.8. The summed E-state index contributed by atoms with van der Waals surface area (Å²) >= 11 is 0. The van der Waals surface area contributed by atoms with Crippen LogP contribution in [0.25, 0.3) is 22.4 Å². The molecule has 118 valence electrons. The second-order valence-corrected chi connectivity index (χ2v) is 5.60. The van der Waals surface area contributed by atoms with Gasteiger partial charge >= 0.3 is 0 Å². The van der Waals surface area contributed by atoms with E-state index < -0.39 is 0 Å². The highest BCUT2D eigenvalue weighted by Gasteiger charge is 2.13. The van der Waals surface area contributed by atoms with Crippen LogP contribution in [0, 0.1) is 0 Å². The Labute approximate surface area is 140 Å². The van der Waals surface area contributed by atoms with E-state index in [1.54, 1.807) is 13.3 Å². The Morgan fingerprint density at radius 1 is 0.958 bits per heavy atom. The molecule has 0 aliphatic rings. The number of rotatable bonds is 4. The standard InChI is InChI=1S/C20H17N3O/c1-24-17-9-7-16(8-10-17)20-22-18-11-12-21-13-19(18)23(20)14-15-5-3-2-4-6-15/h2-13H,14H2,1H3. The maximum atomic E-state index is 5.25. The van der Waals surface area contributed by atoms with Gasteiger partial charge in [0, 0.05) is 18.3 Å². The molecule has 0 atom stereocenters. The highest BCUT2D eigenvalue weighted by atomic mass is 16.5. The van der Waals surface area contributed by atoms with E-state index in [2.05, 4.69) is 33.8 Å². The number of ether oxygens (including phenoxy) is 1. The maximum absolute atomic E-state index is 5.25. The highest BCUT2D eigenvalue weighted by Crippen LogP contribution is 2.26. The molecule has 0 spiro atoms. The van der Waals surface area contributed by atoms with Crippen molar-refractivity contribution >= 4 is 11.0 Å². The first kappa shape index (κ1) is 14.5. The summed E-state index contributed by atoms with van der Waals surface area (Å²) < 4.78 is 7.46. The van der Waals surface area contributed by atoms with Gasteiger partial charge in [-0.1, -0.05) is 30.3 Å². The van der Waals surface area contributed by atoms with Gasteiger partial charge in [-0.25, -0.2) is 4.98 Å². The first-order valence-electron chi connectivity index (χ1n) is 7.84. The Morgan fingerprint density at radius 3 is 2.50 bits per heavy atom. The number of hydrogen-bond acceptors (Lipinski definition) is 3. The summed E-state index contributed by atoms with van der Waals surface area (Å²) in [5, 5.41) is 0. The SMILES string of the molecule is COc1ccc(-c2nc3ccncc3n2Cc2ccccc2)cc1. The summed E-state index contributed by atoms with van der Waals surface area (Å²) in [6, 6.07) is 20.3. The average molecular weight is 315 g/mol. The Kier molecular flexibility index (Phi) is 3.71. The van der Waals surface area contributed by atoms with Crippen LogP contribution in [0.4, 0.5) is 0 Å². The molecule has 0 amide bonds. The molecule has 0 fully saturated rings. The van der Waals surface area contributed by atoms with Gasteiger partial charge in [-0.15, -0.1) is 0 Å². The Balaban J connectivity index is 1.85. The molecular formula is C20H17N3O. The van der Waals surface area contributed by atoms with Gasteiger partial charge in [0.25, 0.3) is 0 Å². The summed E-state index contributed by atoms with van der Waals surface area (Å²) in [5.41, 5.74) is 4.28. The third-order valence-electron chi connectivity index (χ3n) is 4.08. The number of nitrogens with zero attached hydrogens (tertiary/aromatic N) is 3. The van der Waals surface area contributed by atoms with Crippen LogP contribution in [0.5, 0.6) is 5.75 Å². The predicted octanol–water partition coefficient (Wildman–Crippen LogP) is 4.16. The highest BCUT2D eigenvalue weighted by molar-refractivity contribution is 5.80. The number of pyridine rings is 1. The second-order valence-electron chi connectivity index (χ2n) is 5.60. The number of fused-ring (bicyclic) bond motifs is 1. The minimum atomic E-state index is 0.754. The van der Waals surface area contributed by atoms with Crippen LogP contribution in [0.2, 0.25) is 0 Å². The van der Waals surface area contributed by atoms with E-state index in [-0.39, 0.29) is 0 Å². The van der Waals surface area contributed by atoms with E-state index in [1.807, 2.05) is 42.6 Å². The van der Waals surface area contributed by atoms with Crippen LogP contribution in [-0.2, 0) is 6.54 Å². The van der Waals surface area contributed by atoms with Crippen molar-refractivity contribution in [1.82, 2.24) is 14.5 Å². The Hall–Kier alpha value is -3.14. The lowest BCUT2D eigenvalue weighted by molar-refractivity contribution is 0.415. The fraction of sp³-hybridized carbons (Fsp3) is 0.100. The van der Waals surface area contributed by atoms with Gasteiger partial charge in [0.15, 0.2) is 0 Å². The molecule has 0 saturated heterocycles. The number of methoxy groups -OCH3 is 1. The van der Waals surface area contributed by atoms with Crippen molar-refractivity contribution in [3.63, 3.8) is 0 Å². The molecule has 2 aromatic heterocycles. The van der Waals surface area contributed by atoms with Crippen LogP contribution in [0.1, 0.15) is 5.56 Å². The quantitative estimate of drug-likeness (QED) is 0.568. The van der Waals surface area contributed by atoms with E-state index in [0.717, 1.165) is 34.7 Å². The van der Waals surface area contributed by atoms with Crippen molar-refractivity contribution in [2.45, 2.75) is 6.54 Å². The maximum Gasteiger partial charge on any atom is 0.141 e. The zero-order chi connectivity index (χ0) is 16.4. The molecule has 0 aliphatic heterocycles. The summed E-state index contributed by atoms with van der Waals surface area (Å²) in [6.45, 7) is 0.754. The summed E-state index contributed by atoms with van der Waals surface area (Å²) in [5.74, 6) is 1.77. The van der Waals surface area contributed by atoms with Gasteiger partial charge in [-0.2, -0.15) is 0 Å².